The first kappa shape index (κ1) is 25.7. The van der Waals surface area contributed by atoms with Gasteiger partial charge in [-0.25, -0.2) is 5.06 Å². The van der Waals surface area contributed by atoms with E-state index in [9.17, 15) is 19.6 Å². The minimum Gasteiger partial charge on any atom is -0.354 e. The van der Waals surface area contributed by atoms with Crippen molar-refractivity contribution in [3.63, 3.8) is 0 Å². The summed E-state index contributed by atoms with van der Waals surface area (Å²) in [4.78, 5) is 37.2. The van der Waals surface area contributed by atoms with E-state index in [2.05, 4.69) is 33.5 Å². The Morgan fingerprint density at radius 2 is 2.03 bits per heavy atom. The van der Waals surface area contributed by atoms with Crippen LogP contribution in [-0.2, 0) is 27.3 Å². The monoisotopic (exact) mass is 470 g/mol. The molecule has 2 bridgehead atoms. The second-order valence-electron chi connectivity index (χ2n) is 9.72. The van der Waals surface area contributed by atoms with Gasteiger partial charge in [0.2, 0.25) is 18.2 Å². The fourth-order valence-corrected chi connectivity index (χ4v) is 4.75. The summed E-state index contributed by atoms with van der Waals surface area (Å²) < 4.78 is 2.26. The molecule has 1 aromatic heterocycles. The molecule has 3 rings (SSSR count). The molecule has 2 aromatic rings. The Balaban J connectivity index is 1.84. The molecule has 3 amide bonds. The topological polar surface area (TPSA) is 104 Å². The predicted molar refractivity (Wildman–Crippen MR) is 131 cm³/mol. The Labute approximate surface area is 201 Å². The highest BCUT2D eigenvalue weighted by Gasteiger charge is 2.27. The molecule has 186 valence electrons. The predicted octanol–water partition coefficient (Wildman–Crippen LogP) is 3.26. The van der Waals surface area contributed by atoms with Gasteiger partial charge in [-0.2, -0.15) is 0 Å². The molecule has 0 spiro atoms. The van der Waals surface area contributed by atoms with Crippen molar-refractivity contribution in [3.05, 3.63) is 36.0 Å². The van der Waals surface area contributed by atoms with Gasteiger partial charge < -0.3 is 15.2 Å². The van der Waals surface area contributed by atoms with E-state index in [4.69, 9.17) is 0 Å². The van der Waals surface area contributed by atoms with E-state index in [0.29, 0.717) is 37.3 Å². The van der Waals surface area contributed by atoms with E-state index in [0.717, 1.165) is 48.7 Å². The number of hydrogen-bond acceptors (Lipinski definition) is 4. The second-order valence-corrected chi connectivity index (χ2v) is 9.72. The van der Waals surface area contributed by atoms with Crippen LogP contribution < -0.4 is 10.6 Å². The molecule has 8 nitrogen and oxygen atoms in total. The summed E-state index contributed by atoms with van der Waals surface area (Å²) in [6, 6.07) is 7.50. The maximum absolute atomic E-state index is 13.3. The number of nitrogens with zero attached hydrogens (tertiary/aromatic N) is 2. The maximum Gasteiger partial charge on any atom is 0.242 e. The first-order valence-electron chi connectivity index (χ1n) is 12.4. The van der Waals surface area contributed by atoms with Crippen LogP contribution in [0.3, 0.4) is 0 Å². The van der Waals surface area contributed by atoms with E-state index in [-0.39, 0.29) is 24.3 Å². The van der Waals surface area contributed by atoms with Gasteiger partial charge in [-0.3, -0.25) is 19.6 Å². The van der Waals surface area contributed by atoms with Crippen LogP contribution in [0.15, 0.2) is 30.5 Å². The van der Waals surface area contributed by atoms with Crippen molar-refractivity contribution >= 4 is 29.1 Å². The van der Waals surface area contributed by atoms with Crippen LogP contribution in [0.2, 0.25) is 0 Å². The Morgan fingerprint density at radius 1 is 1.26 bits per heavy atom. The molecule has 0 fully saturated rings. The zero-order valence-corrected chi connectivity index (χ0v) is 20.3. The van der Waals surface area contributed by atoms with Gasteiger partial charge in [0.1, 0.15) is 6.04 Å². The molecule has 1 unspecified atom stereocenters. The Morgan fingerprint density at radius 3 is 2.79 bits per heavy atom. The van der Waals surface area contributed by atoms with Crippen LogP contribution in [0.25, 0.3) is 10.9 Å². The molecule has 1 aliphatic rings. The molecule has 34 heavy (non-hydrogen) atoms. The molecular formula is C26H38N4O4. The average Bonchev–Trinajstić information content (AvgIpc) is 3.17. The third kappa shape index (κ3) is 7.06. The SMILES string of the molecule is CC(C)CC(CCN(O)C=O)C(=O)N[C@H]1Cc2cn(c3ccccc23)CCCCCCNC1=O. The number of hydroxylamine groups is 2. The fraction of sp³-hybridized carbons (Fsp3) is 0.577. The van der Waals surface area contributed by atoms with Gasteiger partial charge in [-0.1, -0.05) is 44.9 Å². The van der Waals surface area contributed by atoms with E-state index in [1.807, 2.05) is 26.0 Å². The van der Waals surface area contributed by atoms with Crippen LogP contribution >= 0.6 is 0 Å². The Hall–Kier alpha value is -2.87. The third-order valence-corrected chi connectivity index (χ3v) is 6.51. The van der Waals surface area contributed by atoms with Crippen molar-refractivity contribution in [2.24, 2.45) is 11.8 Å². The minimum absolute atomic E-state index is 0.0681. The molecule has 3 N–H and O–H groups in total. The van der Waals surface area contributed by atoms with Crippen molar-refractivity contribution < 1.29 is 19.6 Å². The van der Waals surface area contributed by atoms with E-state index >= 15 is 0 Å². The second kappa shape index (κ2) is 12.6. The van der Waals surface area contributed by atoms with Crippen molar-refractivity contribution in [3.8, 4) is 0 Å². The van der Waals surface area contributed by atoms with Gasteiger partial charge in [0.25, 0.3) is 0 Å². The van der Waals surface area contributed by atoms with Crippen molar-refractivity contribution in [1.29, 1.82) is 0 Å². The number of aryl methyl sites for hydroxylation is 1. The lowest BCUT2D eigenvalue weighted by Crippen LogP contribution is -2.50. The average molecular weight is 471 g/mol. The van der Waals surface area contributed by atoms with Gasteiger partial charge >= 0.3 is 0 Å². The normalized spacial score (nSPS) is 18.4. The fourth-order valence-electron chi connectivity index (χ4n) is 4.75. The molecule has 8 heteroatoms. The molecular weight excluding hydrogens is 432 g/mol. The van der Waals surface area contributed by atoms with Gasteiger partial charge in [0.05, 0.1) is 0 Å². The zero-order chi connectivity index (χ0) is 24.5. The summed E-state index contributed by atoms with van der Waals surface area (Å²) in [6.45, 7) is 5.65. The summed E-state index contributed by atoms with van der Waals surface area (Å²) in [7, 11) is 0. The number of fused-ring (bicyclic) bond motifs is 5. The number of para-hydroxylation sites is 1. The zero-order valence-electron chi connectivity index (χ0n) is 20.3. The Kier molecular flexibility index (Phi) is 9.51. The van der Waals surface area contributed by atoms with E-state index in [1.165, 1.54) is 0 Å². The van der Waals surface area contributed by atoms with Crippen LogP contribution in [-0.4, -0.2) is 52.2 Å². The largest absolute Gasteiger partial charge is 0.354 e. The number of amides is 3. The molecule has 1 aliphatic heterocycles. The highest BCUT2D eigenvalue weighted by molar-refractivity contribution is 5.90. The molecule has 2 heterocycles. The number of carbonyl (C=O) groups is 3. The minimum atomic E-state index is -0.696. The van der Waals surface area contributed by atoms with Crippen LogP contribution in [0.5, 0.6) is 0 Å². The number of nitrogens with one attached hydrogen (secondary N) is 2. The van der Waals surface area contributed by atoms with Gasteiger partial charge in [-0.05, 0) is 43.2 Å². The third-order valence-electron chi connectivity index (χ3n) is 6.51. The van der Waals surface area contributed by atoms with Crippen molar-refractivity contribution in [1.82, 2.24) is 20.3 Å². The molecule has 1 aromatic carbocycles. The van der Waals surface area contributed by atoms with Crippen LogP contribution in [0.4, 0.5) is 0 Å². The highest BCUT2D eigenvalue weighted by atomic mass is 16.5. The lowest BCUT2D eigenvalue weighted by Gasteiger charge is -2.24. The van der Waals surface area contributed by atoms with Crippen LogP contribution in [0.1, 0.15) is 57.9 Å². The quantitative estimate of drug-likeness (QED) is 0.313. The van der Waals surface area contributed by atoms with Gasteiger partial charge in [0.15, 0.2) is 0 Å². The number of rotatable bonds is 8. The van der Waals surface area contributed by atoms with Crippen molar-refractivity contribution in [2.45, 2.75) is 71.4 Å². The van der Waals surface area contributed by atoms with Crippen LogP contribution in [0, 0.1) is 11.8 Å². The number of benzene rings is 1. The smallest absolute Gasteiger partial charge is 0.242 e. The summed E-state index contributed by atoms with van der Waals surface area (Å²) in [5.74, 6) is -0.551. The first-order chi connectivity index (χ1) is 16.4. The number of hydrogen-bond donors (Lipinski definition) is 3. The molecule has 2 atom stereocenters. The van der Waals surface area contributed by atoms with E-state index < -0.39 is 12.0 Å². The maximum atomic E-state index is 13.3. The summed E-state index contributed by atoms with van der Waals surface area (Å²) in [5, 5.41) is 17.2. The lowest BCUT2D eigenvalue weighted by molar-refractivity contribution is -0.151. The standard InChI is InChI=1S/C26H38N4O4/c1-19(2)15-20(11-14-30(34)18-31)25(32)28-23-16-21-17-29(24-10-6-5-9-22(21)24)13-8-4-3-7-12-27-26(23)33/h5-6,9-10,17-20,23,34H,3-4,7-8,11-16H2,1-2H3,(H,27,33)(H,28,32)/t20?,23-/m0/s1. The van der Waals surface area contributed by atoms with Gasteiger partial charge in [0, 0.05) is 49.1 Å². The lowest BCUT2D eigenvalue weighted by atomic mass is 9.92. The van der Waals surface area contributed by atoms with Crippen molar-refractivity contribution in [2.75, 3.05) is 13.1 Å². The highest BCUT2D eigenvalue weighted by Crippen LogP contribution is 2.24. The molecule has 0 saturated heterocycles. The first-order valence-corrected chi connectivity index (χ1v) is 12.4. The van der Waals surface area contributed by atoms with E-state index in [1.54, 1.807) is 0 Å². The number of carbonyl (C=O) groups excluding carboxylic acids is 3. The summed E-state index contributed by atoms with van der Waals surface area (Å²) in [5.41, 5.74) is 2.19. The molecule has 0 radical (unpaired) electrons. The summed E-state index contributed by atoms with van der Waals surface area (Å²) >= 11 is 0. The summed E-state index contributed by atoms with van der Waals surface area (Å²) in [6.07, 6.45) is 7.95. The number of aromatic nitrogens is 1. The Bertz CT molecular complexity index is 971. The molecule has 0 saturated carbocycles. The van der Waals surface area contributed by atoms with Gasteiger partial charge in [-0.15, -0.1) is 0 Å². The molecule has 0 aliphatic carbocycles.